The van der Waals surface area contributed by atoms with Crippen molar-refractivity contribution >= 4 is 41.0 Å². The first-order valence-electron chi connectivity index (χ1n) is 8.21. The minimum atomic E-state index is -0.351. The zero-order valence-corrected chi connectivity index (χ0v) is 15.9. The smallest absolute Gasteiger partial charge is 0.234 e. The predicted octanol–water partition coefficient (Wildman–Crippen LogP) is 3.80. The fourth-order valence-corrected chi connectivity index (χ4v) is 3.55. The number of amides is 2. The predicted molar refractivity (Wildman–Crippen MR) is 107 cm³/mol. The second-order valence-corrected chi connectivity index (χ2v) is 7.57. The Morgan fingerprint density at radius 2 is 1.62 bits per heavy atom. The molecule has 2 N–H and O–H groups in total. The maximum atomic E-state index is 12.8. The summed E-state index contributed by atoms with van der Waals surface area (Å²) in [5.74, 6) is 0.716. The monoisotopic (exact) mass is 392 g/mol. The number of thioether (sulfide) groups is 2. The molecule has 2 aromatic carbocycles. The van der Waals surface area contributed by atoms with Crippen LogP contribution in [0, 0.1) is 5.82 Å². The molecule has 0 radical (unpaired) electrons. The van der Waals surface area contributed by atoms with Gasteiger partial charge in [0.1, 0.15) is 5.82 Å². The fourth-order valence-electron chi connectivity index (χ4n) is 2.02. The van der Waals surface area contributed by atoms with Crippen molar-refractivity contribution in [3.05, 3.63) is 60.4 Å². The molecule has 0 aliphatic heterocycles. The van der Waals surface area contributed by atoms with E-state index in [2.05, 4.69) is 22.8 Å². The Morgan fingerprint density at radius 3 is 2.35 bits per heavy atom. The number of carbonyl (C=O) groups excluding carboxylic acids is 2. The molecule has 26 heavy (non-hydrogen) atoms. The molecule has 0 saturated carbocycles. The highest BCUT2D eigenvalue weighted by atomic mass is 32.2. The van der Waals surface area contributed by atoms with Gasteiger partial charge in [0.25, 0.3) is 0 Å². The van der Waals surface area contributed by atoms with Crippen molar-refractivity contribution < 1.29 is 14.0 Å². The zero-order valence-electron chi connectivity index (χ0n) is 14.2. The largest absolute Gasteiger partial charge is 0.355 e. The Labute approximate surface area is 161 Å². The van der Waals surface area contributed by atoms with Crippen LogP contribution in [0.4, 0.5) is 10.1 Å². The summed E-state index contributed by atoms with van der Waals surface area (Å²) in [6.45, 7) is 0.626. The van der Waals surface area contributed by atoms with Crippen LogP contribution < -0.4 is 10.6 Å². The summed E-state index contributed by atoms with van der Waals surface area (Å²) in [4.78, 5) is 24.7. The molecule has 0 atom stereocenters. The van der Waals surface area contributed by atoms with Gasteiger partial charge in [-0.05, 0) is 48.6 Å². The van der Waals surface area contributed by atoms with Crippen LogP contribution in [0.25, 0.3) is 0 Å². The second kappa shape index (κ2) is 11.6. The standard InChI is InChI=1S/C19H21FN2O2S2/c20-15-7-9-16(10-8-15)22-19(24)14-25-13-18(23)21-11-4-12-26-17-5-2-1-3-6-17/h1-3,5-10H,4,11-14H2,(H,21,23)(H,22,24). The molecular weight excluding hydrogens is 371 g/mol. The average Bonchev–Trinajstić information content (AvgIpc) is 2.64. The minimum Gasteiger partial charge on any atom is -0.355 e. The number of nitrogens with one attached hydrogen (secondary N) is 2. The lowest BCUT2D eigenvalue weighted by Crippen LogP contribution is -2.27. The Kier molecular flexibility index (Phi) is 9.06. The Hall–Kier alpha value is -1.99. The van der Waals surface area contributed by atoms with Gasteiger partial charge in [-0.1, -0.05) is 18.2 Å². The number of carbonyl (C=O) groups is 2. The van der Waals surface area contributed by atoms with Gasteiger partial charge in [0.05, 0.1) is 11.5 Å². The lowest BCUT2D eigenvalue weighted by atomic mass is 10.3. The molecule has 0 spiro atoms. The highest BCUT2D eigenvalue weighted by Crippen LogP contribution is 2.17. The summed E-state index contributed by atoms with van der Waals surface area (Å²) in [5, 5.41) is 5.51. The van der Waals surface area contributed by atoms with Crippen LogP contribution in [0.5, 0.6) is 0 Å². The summed E-state index contributed by atoms with van der Waals surface area (Å²) < 4.78 is 12.8. The van der Waals surface area contributed by atoms with E-state index in [1.165, 1.54) is 40.9 Å². The summed E-state index contributed by atoms with van der Waals surface area (Å²) in [7, 11) is 0. The van der Waals surface area contributed by atoms with Crippen molar-refractivity contribution in [2.24, 2.45) is 0 Å². The third kappa shape index (κ3) is 8.40. The zero-order chi connectivity index (χ0) is 18.6. The van der Waals surface area contributed by atoms with E-state index >= 15 is 0 Å². The maximum Gasteiger partial charge on any atom is 0.234 e. The van der Waals surface area contributed by atoms with Gasteiger partial charge in [0.2, 0.25) is 11.8 Å². The van der Waals surface area contributed by atoms with Crippen molar-refractivity contribution in [1.29, 1.82) is 0 Å². The first-order valence-corrected chi connectivity index (χ1v) is 10.4. The van der Waals surface area contributed by atoms with Crippen LogP contribution in [0.1, 0.15) is 6.42 Å². The molecule has 0 saturated heterocycles. The van der Waals surface area contributed by atoms with Crippen LogP contribution in [-0.4, -0.2) is 35.6 Å². The van der Waals surface area contributed by atoms with Crippen LogP contribution in [0.3, 0.4) is 0 Å². The Bertz CT molecular complexity index is 696. The number of benzene rings is 2. The average molecular weight is 393 g/mol. The van der Waals surface area contributed by atoms with E-state index in [-0.39, 0.29) is 29.1 Å². The lowest BCUT2D eigenvalue weighted by molar-refractivity contribution is -0.118. The summed E-state index contributed by atoms with van der Waals surface area (Å²) in [6.07, 6.45) is 0.890. The molecule has 0 bridgehead atoms. The van der Waals surface area contributed by atoms with Crippen molar-refractivity contribution in [3.8, 4) is 0 Å². The number of hydrogen-bond acceptors (Lipinski definition) is 4. The van der Waals surface area contributed by atoms with E-state index in [9.17, 15) is 14.0 Å². The maximum absolute atomic E-state index is 12.8. The van der Waals surface area contributed by atoms with E-state index in [4.69, 9.17) is 0 Å². The normalized spacial score (nSPS) is 10.3. The van der Waals surface area contributed by atoms with Gasteiger partial charge in [-0.15, -0.1) is 23.5 Å². The van der Waals surface area contributed by atoms with Gasteiger partial charge in [0.15, 0.2) is 0 Å². The Balaban J connectivity index is 1.50. The molecule has 2 rings (SSSR count). The lowest BCUT2D eigenvalue weighted by Gasteiger charge is -2.06. The SMILES string of the molecule is O=C(CSCC(=O)Nc1ccc(F)cc1)NCCCSc1ccccc1. The van der Waals surface area contributed by atoms with Gasteiger partial charge in [0, 0.05) is 17.1 Å². The molecule has 0 aliphatic rings. The van der Waals surface area contributed by atoms with E-state index < -0.39 is 0 Å². The Morgan fingerprint density at radius 1 is 0.923 bits per heavy atom. The second-order valence-electron chi connectivity index (χ2n) is 5.41. The first-order chi connectivity index (χ1) is 12.6. The molecule has 0 fully saturated rings. The van der Waals surface area contributed by atoms with E-state index in [0.29, 0.717) is 12.2 Å². The van der Waals surface area contributed by atoms with Crippen molar-refractivity contribution in [3.63, 3.8) is 0 Å². The van der Waals surface area contributed by atoms with Gasteiger partial charge < -0.3 is 10.6 Å². The highest BCUT2D eigenvalue weighted by molar-refractivity contribution is 8.00. The molecule has 4 nitrogen and oxygen atoms in total. The molecule has 0 heterocycles. The summed E-state index contributed by atoms with van der Waals surface area (Å²) >= 11 is 3.01. The number of anilines is 1. The molecule has 7 heteroatoms. The van der Waals surface area contributed by atoms with E-state index in [1.807, 2.05) is 18.2 Å². The topological polar surface area (TPSA) is 58.2 Å². The molecule has 138 valence electrons. The number of halogens is 1. The summed E-state index contributed by atoms with van der Waals surface area (Å²) in [5.41, 5.74) is 0.539. The van der Waals surface area contributed by atoms with Crippen LogP contribution in [0.2, 0.25) is 0 Å². The fraction of sp³-hybridized carbons (Fsp3) is 0.263. The molecule has 0 unspecified atom stereocenters. The molecular formula is C19H21FN2O2S2. The molecule has 0 aliphatic carbocycles. The van der Waals surface area contributed by atoms with Crippen molar-refractivity contribution in [2.45, 2.75) is 11.3 Å². The van der Waals surface area contributed by atoms with Gasteiger partial charge >= 0.3 is 0 Å². The first kappa shape index (κ1) is 20.3. The van der Waals surface area contributed by atoms with E-state index in [0.717, 1.165) is 12.2 Å². The molecule has 2 amide bonds. The summed E-state index contributed by atoms with van der Waals surface area (Å²) in [6, 6.07) is 15.7. The highest BCUT2D eigenvalue weighted by Gasteiger charge is 2.06. The number of rotatable bonds is 10. The van der Waals surface area contributed by atoms with Crippen LogP contribution in [0.15, 0.2) is 59.5 Å². The quantitative estimate of drug-likeness (QED) is 0.477. The van der Waals surface area contributed by atoms with Crippen LogP contribution >= 0.6 is 23.5 Å². The van der Waals surface area contributed by atoms with Gasteiger partial charge in [-0.2, -0.15) is 0 Å². The van der Waals surface area contributed by atoms with Gasteiger partial charge in [-0.3, -0.25) is 9.59 Å². The third-order valence-corrected chi connectivity index (χ3v) is 5.28. The molecule has 0 aromatic heterocycles. The van der Waals surface area contributed by atoms with Crippen molar-refractivity contribution in [1.82, 2.24) is 5.32 Å². The minimum absolute atomic E-state index is 0.0747. The van der Waals surface area contributed by atoms with Gasteiger partial charge in [-0.25, -0.2) is 4.39 Å². The third-order valence-electron chi connectivity index (χ3n) is 3.25. The van der Waals surface area contributed by atoms with E-state index in [1.54, 1.807) is 11.8 Å². The van der Waals surface area contributed by atoms with Crippen molar-refractivity contribution in [2.75, 3.05) is 29.1 Å². The van der Waals surface area contributed by atoms with Crippen LogP contribution in [-0.2, 0) is 9.59 Å². The number of hydrogen-bond donors (Lipinski definition) is 2. The molecule has 2 aromatic rings.